The lowest BCUT2D eigenvalue weighted by Gasteiger charge is -2.17. The molecule has 0 saturated heterocycles. The van der Waals surface area contributed by atoms with Gasteiger partial charge in [-0.1, -0.05) is 64.9 Å². The second-order valence-electron chi connectivity index (χ2n) is 6.10. The van der Waals surface area contributed by atoms with E-state index in [0.29, 0.717) is 12.8 Å². The molecule has 0 aromatic carbocycles. The highest BCUT2D eigenvalue weighted by molar-refractivity contribution is 7.85. The van der Waals surface area contributed by atoms with Gasteiger partial charge in [-0.25, -0.2) is 0 Å². The van der Waals surface area contributed by atoms with Gasteiger partial charge in [0.15, 0.2) is 0 Å². The van der Waals surface area contributed by atoms with Crippen LogP contribution in [-0.4, -0.2) is 30.7 Å². The van der Waals surface area contributed by atoms with Gasteiger partial charge in [-0.2, -0.15) is 8.42 Å². The predicted molar refractivity (Wildman–Crippen MR) is 95.0 cm³/mol. The largest absolute Gasteiger partial charge is 0.350 e. The van der Waals surface area contributed by atoms with E-state index in [1.165, 1.54) is 44.6 Å². The maximum Gasteiger partial charge on any atom is 0.264 e. The van der Waals surface area contributed by atoms with E-state index in [9.17, 15) is 13.2 Å². The standard InChI is InChI=1S/C17H33NO4S/c1-3-5-6-7-8-9-10-11-13-16(18-17(19)4-2)14-12-15-23(20,21)22/h4,16H,2-3,5-15H2,1H3,(H,18,19)(H,20,21,22). The number of hydrogen-bond donors (Lipinski definition) is 2. The SMILES string of the molecule is C=CC(=O)NC(CCCCCCCCCC)CCCS(=O)(=O)O. The number of carbonyl (C=O) groups is 1. The highest BCUT2D eigenvalue weighted by Gasteiger charge is 2.12. The van der Waals surface area contributed by atoms with Crippen LogP contribution in [0, 0.1) is 0 Å². The molecule has 0 bridgehead atoms. The second kappa shape index (κ2) is 13.5. The van der Waals surface area contributed by atoms with Gasteiger partial charge in [0.25, 0.3) is 10.1 Å². The van der Waals surface area contributed by atoms with Gasteiger partial charge >= 0.3 is 0 Å². The van der Waals surface area contributed by atoms with Crippen LogP contribution in [0.1, 0.15) is 77.6 Å². The fourth-order valence-corrected chi connectivity index (χ4v) is 3.12. The van der Waals surface area contributed by atoms with Crippen molar-refractivity contribution in [1.82, 2.24) is 5.32 Å². The predicted octanol–water partition coefficient (Wildman–Crippen LogP) is 3.86. The van der Waals surface area contributed by atoms with E-state index in [4.69, 9.17) is 4.55 Å². The van der Waals surface area contributed by atoms with Crippen molar-refractivity contribution in [3.05, 3.63) is 12.7 Å². The summed E-state index contributed by atoms with van der Waals surface area (Å²) in [6.45, 7) is 5.64. The molecule has 6 heteroatoms. The minimum atomic E-state index is -3.93. The summed E-state index contributed by atoms with van der Waals surface area (Å²) in [5, 5.41) is 2.84. The molecule has 23 heavy (non-hydrogen) atoms. The molecule has 0 saturated carbocycles. The van der Waals surface area contributed by atoms with E-state index in [-0.39, 0.29) is 17.7 Å². The Morgan fingerprint density at radius 3 is 2.09 bits per heavy atom. The Bertz CT molecular complexity index is 420. The molecule has 0 spiro atoms. The Hall–Kier alpha value is -0.880. The second-order valence-corrected chi connectivity index (χ2v) is 7.67. The zero-order chi connectivity index (χ0) is 17.6. The summed E-state index contributed by atoms with van der Waals surface area (Å²) < 4.78 is 30.3. The van der Waals surface area contributed by atoms with E-state index in [0.717, 1.165) is 19.3 Å². The zero-order valence-corrected chi connectivity index (χ0v) is 15.2. The van der Waals surface area contributed by atoms with E-state index in [1.54, 1.807) is 0 Å². The van der Waals surface area contributed by atoms with Gasteiger partial charge in [0.2, 0.25) is 5.91 Å². The van der Waals surface area contributed by atoms with Gasteiger partial charge in [0, 0.05) is 6.04 Å². The molecule has 0 aliphatic rings. The highest BCUT2D eigenvalue weighted by Crippen LogP contribution is 2.13. The Kier molecular flexibility index (Phi) is 13.0. The molecule has 0 aliphatic heterocycles. The van der Waals surface area contributed by atoms with Crippen LogP contribution in [-0.2, 0) is 14.9 Å². The van der Waals surface area contributed by atoms with Crippen LogP contribution in [0.25, 0.3) is 0 Å². The van der Waals surface area contributed by atoms with Gasteiger partial charge in [0.05, 0.1) is 5.75 Å². The van der Waals surface area contributed by atoms with Crippen LogP contribution < -0.4 is 5.32 Å². The first-order valence-electron chi connectivity index (χ1n) is 8.77. The first kappa shape index (κ1) is 22.1. The molecular formula is C17H33NO4S. The molecule has 1 atom stereocenters. The minimum absolute atomic E-state index is 0.0534. The van der Waals surface area contributed by atoms with E-state index >= 15 is 0 Å². The molecule has 0 aliphatic carbocycles. The van der Waals surface area contributed by atoms with Crippen molar-refractivity contribution in [1.29, 1.82) is 0 Å². The Morgan fingerprint density at radius 1 is 1.04 bits per heavy atom. The highest BCUT2D eigenvalue weighted by atomic mass is 32.2. The number of nitrogens with one attached hydrogen (secondary N) is 1. The number of unbranched alkanes of at least 4 members (excludes halogenated alkanes) is 7. The molecule has 0 fully saturated rings. The summed E-state index contributed by atoms with van der Waals surface area (Å²) in [5.41, 5.74) is 0. The molecule has 136 valence electrons. The van der Waals surface area contributed by atoms with Crippen molar-refractivity contribution in [2.75, 3.05) is 5.75 Å². The third-order valence-electron chi connectivity index (χ3n) is 3.89. The van der Waals surface area contributed by atoms with Crippen LogP contribution in [0.5, 0.6) is 0 Å². The molecule has 0 radical (unpaired) electrons. The van der Waals surface area contributed by atoms with Crippen molar-refractivity contribution in [3.8, 4) is 0 Å². The van der Waals surface area contributed by atoms with Crippen LogP contribution in [0.3, 0.4) is 0 Å². The molecule has 1 unspecified atom stereocenters. The minimum Gasteiger partial charge on any atom is -0.350 e. The van der Waals surface area contributed by atoms with E-state index in [1.807, 2.05) is 0 Å². The quantitative estimate of drug-likeness (QED) is 0.268. The van der Waals surface area contributed by atoms with Gasteiger partial charge < -0.3 is 5.32 Å². The monoisotopic (exact) mass is 347 g/mol. The number of rotatable bonds is 15. The van der Waals surface area contributed by atoms with Crippen molar-refractivity contribution in [3.63, 3.8) is 0 Å². The lowest BCUT2D eigenvalue weighted by Crippen LogP contribution is -2.33. The summed E-state index contributed by atoms with van der Waals surface area (Å²) in [6, 6.07) is -0.0534. The molecule has 0 rings (SSSR count). The van der Waals surface area contributed by atoms with Crippen LogP contribution in [0.2, 0.25) is 0 Å². The number of carbonyl (C=O) groups excluding carboxylic acids is 1. The summed E-state index contributed by atoms with van der Waals surface area (Å²) in [5.74, 6) is -0.494. The fourth-order valence-electron chi connectivity index (χ4n) is 2.59. The lowest BCUT2D eigenvalue weighted by molar-refractivity contribution is -0.117. The summed E-state index contributed by atoms with van der Waals surface area (Å²) in [4.78, 5) is 11.4. The molecule has 1 amide bonds. The third-order valence-corrected chi connectivity index (χ3v) is 4.70. The topological polar surface area (TPSA) is 83.5 Å². The van der Waals surface area contributed by atoms with E-state index < -0.39 is 10.1 Å². The summed E-state index contributed by atoms with van der Waals surface area (Å²) in [6.07, 6.45) is 12.7. The Labute approximate surface area is 141 Å². The average Bonchev–Trinajstić information content (AvgIpc) is 2.48. The third kappa shape index (κ3) is 15.8. The van der Waals surface area contributed by atoms with Crippen molar-refractivity contribution in [2.45, 2.75) is 83.6 Å². The first-order chi connectivity index (χ1) is 10.9. The van der Waals surface area contributed by atoms with Gasteiger partial charge in [-0.3, -0.25) is 9.35 Å². The normalized spacial score (nSPS) is 12.8. The van der Waals surface area contributed by atoms with Crippen molar-refractivity contribution >= 4 is 16.0 Å². The van der Waals surface area contributed by atoms with Gasteiger partial charge in [-0.05, 0) is 25.3 Å². The molecular weight excluding hydrogens is 314 g/mol. The number of hydrogen-bond acceptors (Lipinski definition) is 3. The van der Waals surface area contributed by atoms with Gasteiger partial charge in [-0.15, -0.1) is 0 Å². The molecule has 0 heterocycles. The lowest BCUT2D eigenvalue weighted by atomic mass is 10.0. The Balaban J connectivity index is 3.92. The summed E-state index contributed by atoms with van der Waals surface area (Å²) in [7, 11) is -3.93. The molecule has 0 aromatic heterocycles. The zero-order valence-electron chi connectivity index (χ0n) is 14.4. The maximum absolute atomic E-state index is 11.4. The Morgan fingerprint density at radius 2 is 1.57 bits per heavy atom. The smallest absolute Gasteiger partial charge is 0.264 e. The number of amides is 1. The molecule has 0 aromatic rings. The van der Waals surface area contributed by atoms with E-state index in [2.05, 4.69) is 18.8 Å². The molecule has 2 N–H and O–H groups in total. The first-order valence-corrected chi connectivity index (χ1v) is 10.4. The molecule has 5 nitrogen and oxygen atoms in total. The van der Waals surface area contributed by atoms with Crippen LogP contribution >= 0.6 is 0 Å². The fraction of sp³-hybridized carbons (Fsp3) is 0.824. The van der Waals surface area contributed by atoms with Gasteiger partial charge in [0.1, 0.15) is 0 Å². The van der Waals surface area contributed by atoms with Crippen molar-refractivity contribution < 1.29 is 17.8 Å². The van der Waals surface area contributed by atoms with Crippen molar-refractivity contribution in [2.24, 2.45) is 0 Å². The van der Waals surface area contributed by atoms with Crippen LogP contribution in [0.4, 0.5) is 0 Å². The maximum atomic E-state index is 11.4. The summed E-state index contributed by atoms with van der Waals surface area (Å²) >= 11 is 0. The van der Waals surface area contributed by atoms with Crippen LogP contribution in [0.15, 0.2) is 12.7 Å². The average molecular weight is 348 g/mol.